The minimum Gasteiger partial charge on any atom is -0.494 e. The fraction of sp³-hybridized carbons (Fsp3) is 0.222. The average Bonchev–Trinajstić information content (AvgIpc) is 2.60. The molecule has 0 spiro atoms. The number of hydrogen-bond donors (Lipinski definition) is 1. The van der Waals surface area contributed by atoms with E-state index in [0.29, 0.717) is 22.6 Å². The highest BCUT2D eigenvalue weighted by Crippen LogP contribution is 2.32. The Bertz CT molecular complexity index is 841. The molecule has 0 fully saturated rings. The van der Waals surface area contributed by atoms with Gasteiger partial charge in [-0.1, -0.05) is 6.07 Å². The van der Waals surface area contributed by atoms with E-state index in [9.17, 15) is 14.0 Å². The highest BCUT2D eigenvalue weighted by atomic mass is 32.2. The summed E-state index contributed by atoms with van der Waals surface area (Å²) in [6.07, 6.45) is 0. The third-order valence-electron chi connectivity index (χ3n) is 3.84. The van der Waals surface area contributed by atoms with Gasteiger partial charge in [-0.05, 0) is 35.9 Å². The predicted octanol–water partition coefficient (Wildman–Crippen LogP) is 3.15. The fourth-order valence-corrected chi connectivity index (χ4v) is 3.38. The summed E-state index contributed by atoms with van der Waals surface area (Å²) in [7, 11) is 3.05. The summed E-state index contributed by atoms with van der Waals surface area (Å²) < 4.78 is 18.7. The number of halogens is 1. The van der Waals surface area contributed by atoms with Crippen molar-refractivity contribution in [3.05, 3.63) is 53.3 Å². The number of benzene rings is 2. The van der Waals surface area contributed by atoms with Crippen LogP contribution in [0.4, 0.5) is 10.1 Å². The number of rotatable bonds is 4. The number of hydrogen-bond acceptors (Lipinski definition) is 4. The number of anilines is 1. The van der Waals surface area contributed by atoms with Crippen molar-refractivity contribution in [3.63, 3.8) is 0 Å². The predicted molar refractivity (Wildman–Crippen MR) is 94.5 cm³/mol. The topological polar surface area (TPSA) is 58.6 Å². The molecule has 25 heavy (non-hydrogen) atoms. The number of nitrogens with one attached hydrogen (secondary N) is 1. The van der Waals surface area contributed by atoms with Crippen LogP contribution in [0, 0.1) is 5.82 Å². The Kier molecular flexibility index (Phi) is 4.94. The number of thioether (sulfide) groups is 1. The van der Waals surface area contributed by atoms with Crippen LogP contribution in [0.3, 0.4) is 0 Å². The van der Waals surface area contributed by atoms with Gasteiger partial charge in [-0.25, -0.2) is 4.39 Å². The molecule has 0 saturated heterocycles. The standard InChI is InChI=1S/C18H17FN2O3S/c1-21(9-11-3-5-15(24-2)13(19)7-11)18(23)12-4-6-16-14(8-12)20-17(22)10-25-16/h3-8H,9-10H2,1-2H3,(H,20,22). The zero-order valence-electron chi connectivity index (χ0n) is 13.8. The number of fused-ring (bicyclic) bond motifs is 1. The van der Waals surface area contributed by atoms with Crippen molar-refractivity contribution < 1.29 is 18.7 Å². The largest absolute Gasteiger partial charge is 0.494 e. The summed E-state index contributed by atoms with van der Waals surface area (Å²) in [6.45, 7) is 0.262. The van der Waals surface area contributed by atoms with Crippen LogP contribution in [0.15, 0.2) is 41.3 Å². The molecule has 2 aromatic rings. The van der Waals surface area contributed by atoms with Crippen molar-refractivity contribution in [1.82, 2.24) is 4.90 Å². The van der Waals surface area contributed by atoms with Crippen molar-refractivity contribution in [2.45, 2.75) is 11.4 Å². The van der Waals surface area contributed by atoms with E-state index >= 15 is 0 Å². The quantitative estimate of drug-likeness (QED) is 0.910. The molecule has 1 aliphatic rings. The first-order valence-corrected chi connectivity index (χ1v) is 8.61. The molecule has 0 aliphatic carbocycles. The zero-order chi connectivity index (χ0) is 18.0. The van der Waals surface area contributed by atoms with Gasteiger partial charge in [0.15, 0.2) is 11.6 Å². The maximum Gasteiger partial charge on any atom is 0.253 e. The van der Waals surface area contributed by atoms with Gasteiger partial charge in [0.05, 0.1) is 18.6 Å². The van der Waals surface area contributed by atoms with Gasteiger partial charge in [0.2, 0.25) is 5.91 Å². The monoisotopic (exact) mass is 360 g/mol. The molecule has 0 aromatic heterocycles. The Morgan fingerprint density at radius 3 is 2.84 bits per heavy atom. The first-order chi connectivity index (χ1) is 12.0. The minimum atomic E-state index is -0.464. The first-order valence-electron chi connectivity index (χ1n) is 7.62. The molecule has 1 aliphatic heterocycles. The van der Waals surface area contributed by atoms with Crippen molar-refractivity contribution in [1.29, 1.82) is 0 Å². The van der Waals surface area contributed by atoms with Gasteiger partial charge in [0.1, 0.15) is 0 Å². The van der Waals surface area contributed by atoms with Crippen molar-refractivity contribution >= 4 is 29.3 Å². The SMILES string of the molecule is COc1ccc(CN(C)C(=O)c2ccc3c(c2)NC(=O)CS3)cc1F. The minimum absolute atomic E-state index is 0.0795. The Balaban J connectivity index is 1.75. The van der Waals surface area contributed by atoms with Crippen LogP contribution in [0.5, 0.6) is 5.75 Å². The van der Waals surface area contributed by atoms with Crippen LogP contribution in [0.1, 0.15) is 15.9 Å². The van der Waals surface area contributed by atoms with E-state index in [1.165, 1.54) is 35.9 Å². The van der Waals surface area contributed by atoms with Crippen LogP contribution in [-0.4, -0.2) is 36.6 Å². The molecule has 3 rings (SSSR count). The summed E-state index contributed by atoms with van der Waals surface area (Å²) in [6, 6.07) is 9.84. The second kappa shape index (κ2) is 7.14. The molecule has 0 radical (unpaired) electrons. The maximum atomic E-state index is 13.8. The van der Waals surface area contributed by atoms with Crippen LogP contribution in [0.2, 0.25) is 0 Å². The molecule has 2 aromatic carbocycles. The van der Waals surface area contributed by atoms with Crippen LogP contribution < -0.4 is 10.1 Å². The number of ether oxygens (including phenoxy) is 1. The van der Waals surface area contributed by atoms with E-state index in [-0.39, 0.29) is 24.1 Å². The van der Waals surface area contributed by atoms with Crippen molar-refractivity contribution in [3.8, 4) is 5.75 Å². The molecule has 0 unspecified atom stereocenters. The first kappa shape index (κ1) is 17.3. The van der Waals surface area contributed by atoms with Gasteiger partial charge in [0.25, 0.3) is 5.91 Å². The summed E-state index contributed by atoms with van der Waals surface area (Å²) in [5.41, 5.74) is 1.78. The van der Waals surface area contributed by atoms with E-state index in [0.717, 1.165) is 4.90 Å². The number of carbonyl (C=O) groups is 2. The Morgan fingerprint density at radius 1 is 1.32 bits per heavy atom. The molecule has 0 bridgehead atoms. The summed E-state index contributed by atoms with van der Waals surface area (Å²) in [5.74, 6) is -0.202. The summed E-state index contributed by atoms with van der Waals surface area (Å²) >= 11 is 1.44. The molecule has 1 N–H and O–H groups in total. The third-order valence-corrected chi connectivity index (χ3v) is 4.92. The fourth-order valence-electron chi connectivity index (χ4n) is 2.59. The van der Waals surface area contributed by atoms with Crippen molar-refractivity contribution in [2.24, 2.45) is 0 Å². The van der Waals surface area contributed by atoms with Gasteiger partial charge in [-0.3, -0.25) is 9.59 Å². The lowest BCUT2D eigenvalue weighted by molar-refractivity contribution is -0.113. The van der Waals surface area contributed by atoms with Crippen LogP contribution in [0.25, 0.3) is 0 Å². The van der Waals surface area contributed by atoms with Gasteiger partial charge in [-0.2, -0.15) is 0 Å². The van der Waals surface area contributed by atoms with Gasteiger partial charge >= 0.3 is 0 Å². The molecule has 0 atom stereocenters. The Labute approximate surface area is 149 Å². The summed E-state index contributed by atoms with van der Waals surface area (Å²) in [5, 5.41) is 2.77. The highest BCUT2D eigenvalue weighted by molar-refractivity contribution is 8.00. The smallest absolute Gasteiger partial charge is 0.253 e. The molecule has 130 valence electrons. The van der Waals surface area contributed by atoms with E-state index < -0.39 is 5.82 Å². The molecule has 5 nitrogen and oxygen atoms in total. The second-order valence-electron chi connectivity index (χ2n) is 5.68. The second-order valence-corrected chi connectivity index (χ2v) is 6.70. The molecular formula is C18H17FN2O3S. The van der Waals surface area contributed by atoms with Crippen molar-refractivity contribution in [2.75, 3.05) is 25.2 Å². The van der Waals surface area contributed by atoms with E-state index in [1.54, 1.807) is 25.2 Å². The molecule has 2 amide bonds. The molecule has 7 heteroatoms. The molecule has 0 saturated carbocycles. The van der Waals surface area contributed by atoms with E-state index in [1.807, 2.05) is 6.07 Å². The lowest BCUT2D eigenvalue weighted by Crippen LogP contribution is -2.27. The van der Waals surface area contributed by atoms with Crippen LogP contribution >= 0.6 is 11.8 Å². The third kappa shape index (κ3) is 3.76. The average molecular weight is 360 g/mol. The van der Waals surface area contributed by atoms with E-state index in [2.05, 4.69) is 5.32 Å². The molecule has 1 heterocycles. The lowest BCUT2D eigenvalue weighted by atomic mass is 10.1. The van der Waals surface area contributed by atoms with Gasteiger partial charge in [-0.15, -0.1) is 11.8 Å². The molecular weight excluding hydrogens is 343 g/mol. The highest BCUT2D eigenvalue weighted by Gasteiger charge is 2.19. The Hall–Kier alpha value is -2.54. The summed E-state index contributed by atoms with van der Waals surface area (Å²) in [4.78, 5) is 26.5. The van der Waals surface area contributed by atoms with E-state index in [4.69, 9.17) is 4.74 Å². The van der Waals surface area contributed by atoms with Gasteiger partial charge < -0.3 is 15.0 Å². The normalized spacial score (nSPS) is 13.0. The lowest BCUT2D eigenvalue weighted by Gasteiger charge is -2.20. The zero-order valence-corrected chi connectivity index (χ0v) is 14.7. The maximum absolute atomic E-state index is 13.8. The number of nitrogens with zero attached hydrogens (tertiary/aromatic N) is 1. The number of methoxy groups -OCH3 is 1. The Morgan fingerprint density at radius 2 is 2.12 bits per heavy atom. The number of carbonyl (C=O) groups excluding carboxylic acids is 2. The van der Waals surface area contributed by atoms with Crippen LogP contribution in [-0.2, 0) is 11.3 Å². The number of amides is 2. The van der Waals surface area contributed by atoms with Gasteiger partial charge in [0, 0.05) is 24.1 Å².